The lowest BCUT2D eigenvalue weighted by Gasteiger charge is -2.18. The van der Waals surface area contributed by atoms with Gasteiger partial charge >= 0.3 is 0 Å². The fourth-order valence-corrected chi connectivity index (χ4v) is 5.66. The van der Waals surface area contributed by atoms with Crippen LogP contribution in [0.2, 0.25) is 0 Å². The smallest absolute Gasteiger partial charge is 0.255 e. The number of carbonyl (C=O) groups excluding carboxylic acids is 3. The zero-order valence-corrected chi connectivity index (χ0v) is 20.1. The molecule has 7 heteroatoms. The van der Waals surface area contributed by atoms with Crippen molar-refractivity contribution in [3.8, 4) is 11.5 Å². The summed E-state index contributed by atoms with van der Waals surface area (Å²) in [7, 11) is 0. The summed E-state index contributed by atoms with van der Waals surface area (Å²) in [4.78, 5) is 40.4. The third kappa shape index (κ3) is 3.86. The molecule has 35 heavy (non-hydrogen) atoms. The van der Waals surface area contributed by atoms with E-state index in [1.54, 1.807) is 48.5 Å². The maximum atomic E-state index is 13.1. The number of halogens is 1. The topological polar surface area (TPSA) is 75.7 Å². The van der Waals surface area contributed by atoms with Crippen LogP contribution >= 0.6 is 15.9 Å². The second-order valence-electron chi connectivity index (χ2n) is 9.10. The fraction of sp³-hybridized carbons (Fsp3) is 0.179. The van der Waals surface area contributed by atoms with Gasteiger partial charge in [-0.25, -0.2) is 4.90 Å². The van der Waals surface area contributed by atoms with Gasteiger partial charge in [0.15, 0.2) is 0 Å². The predicted molar refractivity (Wildman–Crippen MR) is 135 cm³/mol. The molecule has 174 valence electrons. The molecule has 2 fully saturated rings. The Morgan fingerprint density at radius 3 is 2.09 bits per heavy atom. The minimum absolute atomic E-state index is 0.147. The number of benzene rings is 3. The molecule has 3 amide bonds. The first-order valence-electron chi connectivity index (χ1n) is 11.5. The highest BCUT2D eigenvalue weighted by molar-refractivity contribution is 9.10. The van der Waals surface area contributed by atoms with Crippen molar-refractivity contribution in [2.24, 2.45) is 23.7 Å². The van der Waals surface area contributed by atoms with Gasteiger partial charge in [-0.15, -0.1) is 0 Å². The number of nitrogens with zero attached hydrogens (tertiary/aromatic N) is 1. The number of amides is 3. The van der Waals surface area contributed by atoms with Gasteiger partial charge in [0, 0.05) is 15.7 Å². The van der Waals surface area contributed by atoms with E-state index in [0.29, 0.717) is 28.4 Å². The molecule has 1 saturated heterocycles. The number of allylic oxidation sites excluding steroid dienone is 2. The number of rotatable bonds is 5. The molecular weight excluding hydrogens is 508 g/mol. The van der Waals surface area contributed by atoms with Crippen molar-refractivity contribution in [2.45, 2.75) is 6.42 Å². The van der Waals surface area contributed by atoms with Gasteiger partial charge < -0.3 is 10.1 Å². The van der Waals surface area contributed by atoms with Crippen LogP contribution in [0, 0.1) is 23.7 Å². The largest absolute Gasteiger partial charge is 0.457 e. The molecule has 2 bridgehead atoms. The zero-order chi connectivity index (χ0) is 24.1. The molecule has 6 nitrogen and oxygen atoms in total. The summed E-state index contributed by atoms with van der Waals surface area (Å²) in [5, 5.41) is 2.86. The monoisotopic (exact) mass is 528 g/mol. The standard InChI is InChI=1S/C28H21BrN2O4/c29-19-6-10-22(11-7-19)35-23-12-8-20(9-13-23)30-26(32)18-2-1-3-21(15-18)31-27(33)24-16-4-5-17(14-16)25(24)28(31)34/h1-13,15-17,24-25H,14H2,(H,30,32)/t16-,17-,24-,25+/m0/s1. The van der Waals surface area contributed by atoms with Gasteiger partial charge in [-0.3, -0.25) is 14.4 Å². The molecule has 0 spiro atoms. The van der Waals surface area contributed by atoms with Crippen LogP contribution in [0.15, 0.2) is 89.4 Å². The Morgan fingerprint density at radius 2 is 1.46 bits per heavy atom. The number of hydrogen-bond acceptors (Lipinski definition) is 4. The van der Waals surface area contributed by atoms with E-state index in [9.17, 15) is 14.4 Å². The quantitative estimate of drug-likeness (QED) is 0.335. The van der Waals surface area contributed by atoms with Gasteiger partial charge in [-0.05, 0) is 85.0 Å². The average molecular weight is 529 g/mol. The van der Waals surface area contributed by atoms with Gasteiger partial charge in [-0.2, -0.15) is 0 Å². The molecular formula is C28H21BrN2O4. The van der Waals surface area contributed by atoms with Crippen LogP contribution in [-0.4, -0.2) is 17.7 Å². The summed E-state index contributed by atoms with van der Waals surface area (Å²) in [5.74, 6) is 0.470. The Morgan fingerprint density at radius 1 is 0.857 bits per heavy atom. The third-order valence-corrected chi connectivity index (χ3v) is 7.53. The molecule has 1 saturated carbocycles. The lowest BCUT2D eigenvalue weighted by Crippen LogP contribution is -2.33. The van der Waals surface area contributed by atoms with Gasteiger partial charge in [0.1, 0.15) is 11.5 Å². The number of hydrogen-bond donors (Lipinski definition) is 1. The van der Waals surface area contributed by atoms with Crippen molar-refractivity contribution in [1.82, 2.24) is 0 Å². The zero-order valence-electron chi connectivity index (χ0n) is 18.6. The van der Waals surface area contributed by atoms with Crippen LogP contribution in [0.5, 0.6) is 11.5 Å². The van der Waals surface area contributed by atoms with Crippen molar-refractivity contribution in [1.29, 1.82) is 0 Å². The van der Waals surface area contributed by atoms with Gasteiger partial charge in [0.2, 0.25) is 11.8 Å². The summed E-state index contributed by atoms with van der Waals surface area (Å²) in [5.41, 5.74) is 1.42. The number of fused-ring (bicyclic) bond motifs is 5. The van der Waals surface area contributed by atoms with E-state index >= 15 is 0 Å². The maximum Gasteiger partial charge on any atom is 0.255 e. The minimum Gasteiger partial charge on any atom is -0.457 e. The first kappa shape index (κ1) is 21.8. The molecule has 4 atom stereocenters. The molecule has 0 radical (unpaired) electrons. The Hall–Kier alpha value is -3.71. The lowest BCUT2D eigenvalue weighted by atomic mass is 9.85. The summed E-state index contributed by atoms with van der Waals surface area (Å²) >= 11 is 3.40. The molecule has 1 aliphatic heterocycles. The Kier molecular flexibility index (Phi) is 5.29. The van der Waals surface area contributed by atoms with E-state index in [1.165, 1.54) is 4.90 Å². The Labute approximate surface area is 210 Å². The number of ether oxygens (including phenoxy) is 1. The first-order chi connectivity index (χ1) is 17.0. The third-order valence-electron chi connectivity index (χ3n) is 7.00. The highest BCUT2D eigenvalue weighted by Gasteiger charge is 2.59. The summed E-state index contributed by atoms with van der Waals surface area (Å²) in [6.45, 7) is 0. The molecule has 0 unspecified atom stereocenters. The normalized spacial score (nSPS) is 24.1. The molecule has 1 heterocycles. The summed E-state index contributed by atoms with van der Waals surface area (Å²) in [6, 6.07) is 21.2. The number of carbonyl (C=O) groups is 3. The molecule has 3 aliphatic rings. The highest BCUT2D eigenvalue weighted by atomic mass is 79.9. The van der Waals surface area contributed by atoms with Crippen molar-refractivity contribution < 1.29 is 19.1 Å². The van der Waals surface area contributed by atoms with Crippen molar-refractivity contribution in [3.05, 3.63) is 95.0 Å². The second-order valence-corrected chi connectivity index (χ2v) is 10.0. The number of anilines is 2. The molecule has 3 aromatic carbocycles. The van der Waals surface area contributed by atoms with Crippen molar-refractivity contribution >= 4 is 45.0 Å². The Balaban J connectivity index is 1.15. The van der Waals surface area contributed by atoms with Crippen LogP contribution in [0.4, 0.5) is 11.4 Å². The summed E-state index contributed by atoms with van der Waals surface area (Å²) < 4.78 is 6.78. The van der Waals surface area contributed by atoms with E-state index in [1.807, 2.05) is 24.3 Å². The highest BCUT2D eigenvalue weighted by Crippen LogP contribution is 2.53. The number of nitrogens with one attached hydrogen (secondary N) is 1. The van der Waals surface area contributed by atoms with E-state index in [2.05, 4.69) is 33.4 Å². The van der Waals surface area contributed by atoms with E-state index < -0.39 is 0 Å². The molecule has 0 aromatic heterocycles. The molecule has 3 aromatic rings. The van der Waals surface area contributed by atoms with E-state index in [-0.39, 0.29) is 41.4 Å². The van der Waals surface area contributed by atoms with Crippen LogP contribution in [-0.2, 0) is 9.59 Å². The lowest BCUT2D eigenvalue weighted by molar-refractivity contribution is -0.123. The van der Waals surface area contributed by atoms with Crippen LogP contribution in [0.3, 0.4) is 0 Å². The van der Waals surface area contributed by atoms with Crippen LogP contribution in [0.1, 0.15) is 16.8 Å². The predicted octanol–water partition coefficient (Wildman–Crippen LogP) is 5.81. The van der Waals surface area contributed by atoms with Gasteiger partial charge in [-0.1, -0.05) is 34.1 Å². The fourth-order valence-electron chi connectivity index (χ4n) is 5.39. The molecule has 1 N–H and O–H groups in total. The molecule has 6 rings (SSSR count). The van der Waals surface area contributed by atoms with Crippen molar-refractivity contribution in [2.75, 3.05) is 10.2 Å². The van der Waals surface area contributed by atoms with E-state index in [4.69, 9.17) is 4.74 Å². The SMILES string of the molecule is O=C(Nc1ccc(Oc2ccc(Br)cc2)cc1)c1cccc(N2C(=O)[C@@H]3[C@H](C2=O)[C@H]2C=C[C@H]3C2)c1. The molecule has 2 aliphatic carbocycles. The average Bonchev–Trinajstić information content (AvgIpc) is 3.55. The second kappa shape index (κ2) is 8.50. The van der Waals surface area contributed by atoms with Gasteiger partial charge in [0.05, 0.1) is 17.5 Å². The minimum atomic E-state index is -0.325. The van der Waals surface area contributed by atoms with Crippen molar-refractivity contribution in [3.63, 3.8) is 0 Å². The first-order valence-corrected chi connectivity index (χ1v) is 12.3. The van der Waals surface area contributed by atoms with Gasteiger partial charge in [0.25, 0.3) is 5.91 Å². The van der Waals surface area contributed by atoms with E-state index in [0.717, 1.165) is 10.9 Å². The maximum absolute atomic E-state index is 13.1. The summed E-state index contributed by atoms with van der Waals surface area (Å²) in [6.07, 6.45) is 5.02. The Bertz CT molecular complexity index is 1340. The van der Waals surface area contributed by atoms with Crippen LogP contribution < -0.4 is 15.0 Å². The van der Waals surface area contributed by atoms with Crippen LogP contribution in [0.25, 0.3) is 0 Å². The number of imide groups is 1.